The molecule has 0 radical (unpaired) electrons. The summed E-state index contributed by atoms with van der Waals surface area (Å²) < 4.78 is 11.1. The fraction of sp³-hybridized carbons (Fsp3) is 0.0952. The highest BCUT2D eigenvalue weighted by molar-refractivity contribution is 6.05. The summed E-state index contributed by atoms with van der Waals surface area (Å²) in [5.74, 6) is 0.622. The van der Waals surface area contributed by atoms with E-state index in [9.17, 15) is 4.79 Å². The number of oxazole rings is 1. The number of aromatic nitrogens is 2. The van der Waals surface area contributed by atoms with Crippen LogP contribution < -0.4 is 10.1 Å². The van der Waals surface area contributed by atoms with E-state index in [1.54, 1.807) is 37.6 Å². The molecule has 4 rings (SSSR count). The number of carbonyl (C=O) groups excluding carboxylic acids is 1. The van der Waals surface area contributed by atoms with Crippen molar-refractivity contribution in [3.63, 3.8) is 0 Å². The molecule has 2 aromatic heterocycles. The minimum Gasteiger partial charge on any atom is -0.480 e. The third-order valence-corrected chi connectivity index (χ3v) is 4.15. The van der Waals surface area contributed by atoms with E-state index in [0.29, 0.717) is 34.0 Å². The SMILES string of the molecule is COc1ncccc1-c1nc2cc(C(=O)Nc3ccc(C)cc3)ccc2o1. The number of nitrogens with zero attached hydrogens (tertiary/aromatic N) is 2. The van der Waals surface area contributed by atoms with Crippen LogP contribution in [0.1, 0.15) is 15.9 Å². The Morgan fingerprint density at radius 1 is 1.11 bits per heavy atom. The lowest BCUT2D eigenvalue weighted by atomic mass is 10.2. The molecule has 27 heavy (non-hydrogen) atoms. The van der Waals surface area contributed by atoms with Gasteiger partial charge in [0.25, 0.3) is 5.91 Å². The topological polar surface area (TPSA) is 77.2 Å². The molecule has 2 aromatic carbocycles. The molecule has 0 aliphatic heterocycles. The number of amides is 1. The van der Waals surface area contributed by atoms with E-state index in [-0.39, 0.29) is 5.91 Å². The number of anilines is 1. The van der Waals surface area contributed by atoms with Crippen LogP contribution >= 0.6 is 0 Å². The molecule has 6 heteroatoms. The molecule has 0 saturated carbocycles. The molecule has 0 fully saturated rings. The Morgan fingerprint density at radius 2 is 1.93 bits per heavy atom. The largest absolute Gasteiger partial charge is 0.480 e. The highest BCUT2D eigenvalue weighted by Crippen LogP contribution is 2.30. The van der Waals surface area contributed by atoms with Gasteiger partial charge in [0.05, 0.1) is 12.7 Å². The van der Waals surface area contributed by atoms with E-state index in [4.69, 9.17) is 9.15 Å². The van der Waals surface area contributed by atoms with Crippen LogP contribution in [0.5, 0.6) is 5.88 Å². The first-order valence-corrected chi connectivity index (χ1v) is 8.42. The number of methoxy groups -OCH3 is 1. The van der Waals surface area contributed by atoms with Gasteiger partial charge in [-0.1, -0.05) is 17.7 Å². The van der Waals surface area contributed by atoms with Crippen molar-refractivity contribution in [1.82, 2.24) is 9.97 Å². The average Bonchev–Trinajstić information content (AvgIpc) is 3.12. The van der Waals surface area contributed by atoms with Crippen LogP contribution in [0, 0.1) is 6.92 Å². The molecule has 0 aliphatic rings. The zero-order chi connectivity index (χ0) is 18.8. The van der Waals surface area contributed by atoms with E-state index in [2.05, 4.69) is 15.3 Å². The molecule has 1 amide bonds. The predicted molar refractivity (Wildman–Crippen MR) is 103 cm³/mol. The maximum absolute atomic E-state index is 12.5. The van der Waals surface area contributed by atoms with Crippen LogP contribution in [0.15, 0.2) is 65.2 Å². The Labute approximate surface area is 155 Å². The van der Waals surface area contributed by atoms with Crippen LogP contribution in [-0.2, 0) is 0 Å². The van der Waals surface area contributed by atoms with Crippen LogP contribution in [0.25, 0.3) is 22.6 Å². The van der Waals surface area contributed by atoms with Crippen molar-refractivity contribution in [2.45, 2.75) is 6.92 Å². The van der Waals surface area contributed by atoms with Crippen molar-refractivity contribution in [3.8, 4) is 17.3 Å². The first-order valence-electron chi connectivity index (χ1n) is 8.42. The Hall–Kier alpha value is -3.67. The molecule has 0 spiro atoms. The number of rotatable bonds is 4. The van der Waals surface area contributed by atoms with Crippen molar-refractivity contribution in [2.24, 2.45) is 0 Å². The zero-order valence-corrected chi connectivity index (χ0v) is 14.9. The normalized spacial score (nSPS) is 10.7. The lowest BCUT2D eigenvalue weighted by molar-refractivity contribution is 0.102. The van der Waals surface area contributed by atoms with E-state index >= 15 is 0 Å². The minimum atomic E-state index is -0.204. The molecule has 0 atom stereocenters. The van der Waals surface area contributed by atoms with Gasteiger partial charge in [0.1, 0.15) is 5.52 Å². The van der Waals surface area contributed by atoms with Gasteiger partial charge in [0, 0.05) is 17.4 Å². The summed E-state index contributed by atoms with van der Waals surface area (Å²) in [6.45, 7) is 2.00. The summed E-state index contributed by atoms with van der Waals surface area (Å²) >= 11 is 0. The van der Waals surface area contributed by atoms with Crippen molar-refractivity contribution in [2.75, 3.05) is 12.4 Å². The van der Waals surface area contributed by atoms with E-state index < -0.39 is 0 Å². The monoisotopic (exact) mass is 359 g/mol. The summed E-state index contributed by atoms with van der Waals surface area (Å²) in [7, 11) is 1.54. The average molecular weight is 359 g/mol. The molecule has 6 nitrogen and oxygen atoms in total. The summed E-state index contributed by atoms with van der Waals surface area (Å²) in [5, 5.41) is 2.88. The molecule has 1 N–H and O–H groups in total. The second-order valence-electron chi connectivity index (χ2n) is 6.08. The number of fused-ring (bicyclic) bond motifs is 1. The van der Waals surface area contributed by atoms with Gasteiger partial charge in [-0.25, -0.2) is 9.97 Å². The second-order valence-corrected chi connectivity index (χ2v) is 6.08. The third kappa shape index (κ3) is 3.37. The van der Waals surface area contributed by atoms with Crippen LogP contribution in [0.3, 0.4) is 0 Å². The summed E-state index contributed by atoms with van der Waals surface area (Å²) in [4.78, 5) is 21.2. The third-order valence-electron chi connectivity index (χ3n) is 4.15. The summed E-state index contributed by atoms with van der Waals surface area (Å²) in [6.07, 6.45) is 1.64. The van der Waals surface area contributed by atoms with Crippen molar-refractivity contribution in [1.29, 1.82) is 0 Å². The molecule has 0 saturated heterocycles. The van der Waals surface area contributed by atoms with Crippen molar-refractivity contribution in [3.05, 3.63) is 71.9 Å². The number of aryl methyl sites for hydroxylation is 1. The van der Waals surface area contributed by atoms with E-state index in [0.717, 1.165) is 11.3 Å². The van der Waals surface area contributed by atoms with Crippen molar-refractivity contribution >= 4 is 22.7 Å². The van der Waals surface area contributed by atoms with Gasteiger partial charge in [-0.15, -0.1) is 0 Å². The summed E-state index contributed by atoms with van der Waals surface area (Å²) in [6, 6.07) is 16.4. The van der Waals surface area contributed by atoms with E-state index in [1.165, 1.54) is 0 Å². The van der Waals surface area contributed by atoms with E-state index in [1.807, 2.05) is 37.3 Å². The Morgan fingerprint density at radius 3 is 2.70 bits per heavy atom. The number of hydrogen-bond donors (Lipinski definition) is 1. The molecular weight excluding hydrogens is 342 g/mol. The molecule has 4 aromatic rings. The van der Waals surface area contributed by atoms with Gasteiger partial charge >= 0.3 is 0 Å². The fourth-order valence-corrected chi connectivity index (χ4v) is 2.74. The standard InChI is InChI=1S/C21H17N3O3/c1-13-5-8-15(9-6-13)23-19(25)14-7-10-18-17(12-14)24-21(27-18)16-4-3-11-22-20(16)26-2/h3-12H,1-2H3,(H,23,25). The zero-order valence-electron chi connectivity index (χ0n) is 14.9. The lowest BCUT2D eigenvalue weighted by Gasteiger charge is -2.05. The van der Waals surface area contributed by atoms with Crippen LogP contribution in [-0.4, -0.2) is 23.0 Å². The first-order chi connectivity index (χ1) is 13.1. The maximum atomic E-state index is 12.5. The molecule has 134 valence electrons. The lowest BCUT2D eigenvalue weighted by Crippen LogP contribution is -2.11. The number of hydrogen-bond acceptors (Lipinski definition) is 5. The van der Waals surface area contributed by atoms with Crippen LogP contribution in [0.2, 0.25) is 0 Å². The number of ether oxygens (including phenoxy) is 1. The Balaban J connectivity index is 1.64. The fourth-order valence-electron chi connectivity index (χ4n) is 2.74. The van der Waals surface area contributed by atoms with Gasteiger partial charge in [0.2, 0.25) is 11.8 Å². The minimum absolute atomic E-state index is 0.204. The molecule has 0 unspecified atom stereocenters. The molecule has 0 bridgehead atoms. The second kappa shape index (κ2) is 6.92. The van der Waals surface area contributed by atoms with Gasteiger partial charge in [-0.3, -0.25) is 4.79 Å². The number of benzene rings is 2. The van der Waals surface area contributed by atoms with Gasteiger partial charge in [-0.2, -0.15) is 0 Å². The van der Waals surface area contributed by atoms with Gasteiger partial charge in [-0.05, 0) is 49.4 Å². The number of pyridine rings is 1. The summed E-state index contributed by atoms with van der Waals surface area (Å²) in [5.41, 5.74) is 4.21. The molecule has 2 heterocycles. The van der Waals surface area contributed by atoms with Gasteiger partial charge in [0.15, 0.2) is 5.58 Å². The predicted octanol–water partition coefficient (Wildman–Crippen LogP) is 4.46. The molecular formula is C21H17N3O3. The first kappa shape index (κ1) is 16.8. The highest BCUT2D eigenvalue weighted by Gasteiger charge is 2.15. The highest BCUT2D eigenvalue weighted by atomic mass is 16.5. The smallest absolute Gasteiger partial charge is 0.255 e. The van der Waals surface area contributed by atoms with Crippen LogP contribution in [0.4, 0.5) is 5.69 Å². The number of carbonyl (C=O) groups is 1. The Kier molecular flexibility index (Phi) is 4.30. The quantitative estimate of drug-likeness (QED) is 0.582. The Bertz CT molecular complexity index is 1120. The number of nitrogens with one attached hydrogen (secondary N) is 1. The molecule has 0 aliphatic carbocycles. The maximum Gasteiger partial charge on any atom is 0.255 e. The van der Waals surface area contributed by atoms with Crippen molar-refractivity contribution < 1.29 is 13.9 Å². The van der Waals surface area contributed by atoms with Gasteiger partial charge < -0.3 is 14.5 Å².